The lowest BCUT2D eigenvalue weighted by molar-refractivity contribution is 0.191. The number of nitrogens with one attached hydrogen (secondary N) is 1. The Labute approximate surface area is 153 Å². The first-order valence-electron chi connectivity index (χ1n) is 8.22. The van der Waals surface area contributed by atoms with E-state index in [1.165, 1.54) is 19.1 Å². The van der Waals surface area contributed by atoms with Gasteiger partial charge in [-0.05, 0) is 44.5 Å². The Kier molecular flexibility index (Phi) is 4.70. The molecule has 7 heteroatoms. The van der Waals surface area contributed by atoms with Crippen LogP contribution in [-0.4, -0.2) is 11.2 Å². The summed E-state index contributed by atoms with van der Waals surface area (Å²) in [6.45, 7) is 4.85. The third-order valence-electron chi connectivity index (χ3n) is 4.39. The molecule has 0 saturated heterocycles. The first-order chi connectivity index (χ1) is 12.7. The van der Waals surface area contributed by atoms with Crippen LogP contribution in [-0.2, 0) is 0 Å². The van der Waals surface area contributed by atoms with Gasteiger partial charge in [0.2, 0.25) is 0 Å². The number of carbonyl (C=O) groups is 1. The zero-order chi connectivity index (χ0) is 19.9. The van der Waals surface area contributed by atoms with Gasteiger partial charge in [0.15, 0.2) is 17.1 Å². The standard InChI is InChI=1S/C20H17F2NO4/c1-9-7-13(11(3)23-20(25)26)19-14(8-9)17(24)10(2)18(27-19)12-5-4-6-15(21)16(12)22/h4-8,11,23H,1-3H3,(H,25,26)/t11-/m1/s1. The second kappa shape index (κ2) is 6.83. The largest absolute Gasteiger partial charge is 0.465 e. The van der Waals surface area contributed by atoms with Crippen LogP contribution in [0.5, 0.6) is 0 Å². The van der Waals surface area contributed by atoms with E-state index in [0.29, 0.717) is 5.56 Å². The van der Waals surface area contributed by atoms with Crippen molar-refractivity contribution in [3.8, 4) is 11.3 Å². The summed E-state index contributed by atoms with van der Waals surface area (Å²) in [6, 6.07) is 6.25. The van der Waals surface area contributed by atoms with Crippen LogP contribution in [0.1, 0.15) is 29.7 Å². The molecule has 5 nitrogen and oxygen atoms in total. The smallest absolute Gasteiger partial charge is 0.405 e. The molecule has 1 aromatic heterocycles. The highest BCUT2D eigenvalue weighted by molar-refractivity contribution is 5.84. The average Bonchev–Trinajstić information content (AvgIpc) is 2.60. The van der Waals surface area contributed by atoms with Gasteiger partial charge in [-0.2, -0.15) is 0 Å². The van der Waals surface area contributed by atoms with Gasteiger partial charge >= 0.3 is 6.09 Å². The maximum Gasteiger partial charge on any atom is 0.405 e. The summed E-state index contributed by atoms with van der Waals surface area (Å²) in [5, 5.41) is 11.6. The highest BCUT2D eigenvalue weighted by atomic mass is 19.2. The molecule has 3 aromatic rings. The summed E-state index contributed by atoms with van der Waals surface area (Å²) >= 11 is 0. The minimum atomic E-state index is -1.23. The first kappa shape index (κ1) is 18.6. The molecule has 2 N–H and O–H groups in total. The summed E-state index contributed by atoms with van der Waals surface area (Å²) in [6.07, 6.45) is -1.23. The van der Waals surface area contributed by atoms with Crippen molar-refractivity contribution >= 4 is 17.1 Å². The van der Waals surface area contributed by atoms with Crippen LogP contribution >= 0.6 is 0 Å². The minimum Gasteiger partial charge on any atom is -0.465 e. The molecule has 0 radical (unpaired) electrons. The number of halogens is 2. The van der Waals surface area contributed by atoms with Crippen molar-refractivity contribution in [3.63, 3.8) is 0 Å². The second-order valence-electron chi connectivity index (χ2n) is 6.39. The fourth-order valence-corrected chi connectivity index (χ4v) is 3.09. The zero-order valence-electron chi connectivity index (χ0n) is 14.9. The molecule has 2 aromatic carbocycles. The number of hydrogen-bond acceptors (Lipinski definition) is 3. The van der Waals surface area contributed by atoms with E-state index in [1.807, 2.05) is 0 Å². The summed E-state index contributed by atoms with van der Waals surface area (Å²) in [5.74, 6) is -2.26. The van der Waals surface area contributed by atoms with E-state index < -0.39 is 23.8 Å². The Hall–Kier alpha value is -3.22. The molecule has 0 aliphatic rings. The van der Waals surface area contributed by atoms with E-state index in [-0.39, 0.29) is 33.3 Å². The Balaban J connectivity index is 2.37. The summed E-state index contributed by atoms with van der Waals surface area (Å²) < 4.78 is 33.8. The number of rotatable bonds is 3. The van der Waals surface area contributed by atoms with Crippen molar-refractivity contribution in [3.05, 3.63) is 68.9 Å². The molecule has 0 aliphatic carbocycles. The van der Waals surface area contributed by atoms with Crippen LogP contribution < -0.4 is 10.7 Å². The van der Waals surface area contributed by atoms with Gasteiger partial charge in [-0.1, -0.05) is 12.1 Å². The predicted molar refractivity (Wildman–Crippen MR) is 96.9 cm³/mol. The van der Waals surface area contributed by atoms with Gasteiger partial charge in [-0.25, -0.2) is 13.6 Å². The number of aryl methyl sites for hydroxylation is 1. The molecule has 0 unspecified atom stereocenters. The maximum absolute atomic E-state index is 14.3. The number of benzene rings is 2. The lowest BCUT2D eigenvalue weighted by Crippen LogP contribution is -2.25. The summed E-state index contributed by atoms with van der Waals surface area (Å²) in [7, 11) is 0. The van der Waals surface area contributed by atoms with Gasteiger partial charge in [-0.3, -0.25) is 4.79 Å². The van der Waals surface area contributed by atoms with Gasteiger partial charge in [0, 0.05) is 11.1 Å². The van der Waals surface area contributed by atoms with E-state index in [1.54, 1.807) is 26.0 Å². The van der Waals surface area contributed by atoms with E-state index in [4.69, 9.17) is 9.52 Å². The molecule has 0 saturated carbocycles. The molecule has 1 heterocycles. The normalized spacial score (nSPS) is 12.2. The van der Waals surface area contributed by atoms with Crippen LogP contribution in [0.25, 0.3) is 22.3 Å². The number of hydrogen-bond donors (Lipinski definition) is 2. The highest BCUT2D eigenvalue weighted by Gasteiger charge is 2.21. The Morgan fingerprint density at radius 1 is 1.22 bits per heavy atom. The highest BCUT2D eigenvalue weighted by Crippen LogP contribution is 2.32. The first-order valence-corrected chi connectivity index (χ1v) is 8.22. The molecule has 27 heavy (non-hydrogen) atoms. The molecular formula is C20H17F2NO4. The van der Waals surface area contributed by atoms with Crippen molar-refractivity contribution in [2.75, 3.05) is 0 Å². The van der Waals surface area contributed by atoms with Crippen molar-refractivity contribution < 1.29 is 23.1 Å². The third kappa shape index (κ3) is 3.28. The van der Waals surface area contributed by atoms with Crippen molar-refractivity contribution in [2.45, 2.75) is 26.8 Å². The lowest BCUT2D eigenvalue weighted by atomic mass is 9.99. The molecule has 1 amide bonds. The fourth-order valence-electron chi connectivity index (χ4n) is 3.09. The molecule has 0 fully saturated rings. The SMILES string of the molecule is Cc1cc([C@@H](C)NC(=O)O)c2oc(-c3cccc(F)c3F)c(C)c(=O)c2c1. The van der Waals surface area contributed by atoms with Gasteiger partial charge in [0.25, 0.3) is 0 Å². The van der Waals surface area contributed by atoms with Crippen LogP contribution in [0.3, 0.4) is 0 Å². The van der Waals surface area contributed by atoms with Gasteiger partial charge in [0.05, 0.1) is 17.0 Å². The Bertz CT molecular complexity index is 1120. The van der Waals surface area contributed by atoms with Crippen molar-refractivity contribution in [2.24, 2.45) is 0 Å². The molecule has 0 bridgehead atoms. The molecular weight excluding hydrogens is 356 g/mol. The van der Waals surface area contributed by atoms with Gasteiger partial charge in [0.1, 0.15) is 11.3 Å². The van der Waals surface area contributed by atoms with Crippen molar-refractivity contribution in [1.82, 2.24) is 5.32 Å². The van der Waals surface area contributed by atoms with E-state index in [0.717, 1.165) is 11.6 Å². The maximum atomic E-state index is 14.3. The van der Waals surface area contributed by atoms with Crippen molar-refractivity contribution in [1.29, 1.82) is 0 Å². The van der Waals surface area contributed by atoms with Crippen LogP contribution in [0.15, 0.2) is 39.5 Å². The summed E-state index contributed by atoms with van der Waals surface area (Å²) in [4.78, 5) is 23.9. The van der Waals surface area contributed by atoms with E-state index in [9.17, 15) is 18.4 Å². The van der Waals surface area contributed by atoms with E-state index >= 15 is 0 Å². The minimum absolute atomic E-state index is 0.0860. The fraction of sp³-hybridized carbons (Fsp3) is 0.200. The van der Waals surface area contributed by atoms with Gasteiger partial charge in [-0.15, -0.1) is 0 Å². The molecule has 0 aliphatic heterocycles. The topological polar surface area (TPSA) is 79.5 Å². The Morgan fingerprint density at radius 3 is 2.59 bits per heavy atom. The molecule has 0 spiro atoms. The van der Waals surface area contributed by atoms with E-state index in [2.05, 4.69) is 5.32 Å². The van der Waals surface area contributed by atoms with Gasteiger partial charge < -0.3 is 14.8 Å². The quantitative estimate of drug-likeness (QED) is 0.698. The molecule has 3 rings (SSSR count). The lowest BCUT2D eigenvalue weighted by Gasteiger charge is -2.16. The third-order valence-corrected chi connectivity index (χ3v) is 4.39. The number of fused-ring (bicyclic) bond motifs is 1. The predicted octanol–water partition coefficient (Wildman–Crippen LogP) is 4.68. The average molecular weight is 373 g/mol. The summed E-state index contributed by atoms with van der Waals surface area (Å²) in [5.41, 5.74) is 0.897. The monoisotopic (exact) mass is 373 g/mol. The van der Waals surface area contributed by atoms with Crippen LogP contribution in [0, 0.1) is 25.5 Å². The van der Waals surface area contributed by atoms with Crippen LogP contribution in [0.2, 0.25) is 0 Å². The molecule has 1 atom stereocenters. The van der Waals surface area contributed by atoms with Crippen LogP contribution in [0.4, 0.5) is 13.6 Å². The Morgan fingerprint density at radius 2 is 1.93 bits per heavy atom. The molecule has 140 valence electrons. The number of amides is 1. The second-order valence-corrected chi connectivity index (χ2v) is 6.39. The zero-order valence-corrected chi connectivity index (χ0v) is 14.9. The number of carboxylic acid groups (broad SMARTS) is 1.